The number of aromatic nitrogens is 1. The first kappa shape index (κ1) is 14.7. The number of anilines is 1. The number of rotatable bonds is 5. The molecular weight excluding hydrogens is 278 g/mol. The van der Waals surface area contributed by atoms with Gasteiger partial charge in [-0.1, -0.05) is 0 Å². The number of hydrogen-bond donors (Lipinski definition) is 2. The van der Waals surface area contributed by atoms with Crippen LogP contribution in [0.25, 0.3) is 10.9 Å². The summed E-state index contributed by atoms with van der Waals surface area (Å²) in [6, 6.07) is 6.17. The Hall–Kier alpha value is -1.70. The fraction of sp³-hybridized carbons (Fsp3) is 0.308. The van der Waals surface area contributed by atoms with Crippen LogP contribution in [0, 0.1) is 0 Å². The van der Waals surface area contributed by atoms with Gasteiger partial charge in [0.1, 0.15) is 4.90 Å². The van der Waals surface area contributed by atoms with Crippen LogP contribution < -0.4 is 10.5 Å². The van der Waals surface area contributed by atoms with Crippen LogP contribution in [0.4, 0.5) is 5.69 Å². The summed E-state index contributed by atoms with van der Waals surface area (Å²) in [4.78, 5) is 4.25. The lowest BCUT2D eigenvalue weighted by atomic mass is 10.2. The fourth-order valence-corrected chi connectivity index (χ4v) is 3.39. The summed E-state index contributed by atoms with van der Waals surface area (Å²) >= 11 is 0. The molecule has 7 heteroatoms. The Morgan fingerprint density at radius 3 is 2.85 bits per heavy atom. The number of pyridine rings is 1. The monoisotopic (exact) mass is 295 g/mol. The van der Waals surface area contributed by atoms with Gasteiger partial charge < -0.3 is 10.5 Å². The average Bonchev–Trinajstić information content (AvgIpc) is 2.38. The molecular formula is C13H17N3O3S. The second-order valence-corrected chi connectivity index (χ2v) is 6.21. The zero-order valence-electron chi connectivity index (χ0n) is 11.3. The highest BCUT2D eigenvalue weighted by atomic mass is 32.2. The van der Waals surface area contributed by atoms with Crippen molar-refractivity contribution in [3.63, 3.8) is 0 Å². The largest absolute Gasteiger partial charge is 0.398 e. The molecule has 0 saturated heterocycles. The highest BCUT2D eigenvalue weighted by Crippen LogP contribution is 2.25. The van der Waals surface area contributed by atoms with E-state index in [2.05, 4.69) is 9.71 Å². The van der Waals surface area contributed by atoms with Crippen molar-refractivity contribution in [2.24, 2.45) is 0 Å². The predicted molar refractivity (Wildman–Crippen MR) is 77.8 cm³/mol. The van der Waals surface area contributed by atoms with Crippen molar-refractivity contribution in [1.82, 2.24) is 9.71 Å². The van der Waals surface area contributed by atoms with E-state index < -0.39 is 10.0 Å². The molecule has 0 aliphatic rings. The van der Waals surface area contributed by atoms with E-state index in [0.717, 1.165) is 0 Å². The summed E-state index contributed by atoms with van der Waals surface area (Å²) < 4.78 is 32.3. The normalized spacial score (nSPS) is 13.5. The third-order valence-electron chi connectivity index (χ3n) is 2.83. The molecule has 1 heterocycles. The van der Waals surface area contributed by atoms with Gasteiger partial charge in [0.25, 0.3) is 0 Å². The van der Waals surface area contributed by atoms with Gasteiger partial charge in [-0.25, -0.2) is 13.1 Å². The summed E-state index contributed by atoms with van der Waals surface area (Å²) in [6.45, 7) is 2.02. The van der Waals surface area contributed by atoms with Gasteiger partial charge in [0.15, 0.2) is 0 Å². The molecule has 1 unspecified atom stereocenters. The number of nitrogen functional groups attached to an aromatic ring is 1. The predicted octanol–water partition coefficient (Wildman–Crippen LogP) is 1.13. The van der Waals surface area contributed by atoms with Crippen molar-refractivity contribution in [3.05, 3.63) is 30.5 Å². The van der Waals surface area contributed by atoms with Crippen molar-refractivity contribution >= 4 is 26.6 Å². The molecule has 6 nitrogen and oxygen atoms in total. The van der Waals surface area contributed by atoms with Crippen LogP contribution in [0.2, 0.25) is 0 Å². The lowest BCUT2D eigenvalue weighted by Crippen LogP contribution is -2.35. The third kappa shape index (κ3) is 2.90. The lowest BCUT2D eigenvalue weighted by Gasteiger charge is -2.14. The van der Waals surface area contributed by atoms with Gasteiger partial charge in [0.2, 0.25) is 10.0 Å². The zero-order valence-corrected chi connectivity index (χ0v) is 12.1. The molecule has 0 radical (unpaired) electrons. The number of sulfonamides is 1. The highest BCUT2D eigenvalue weighted by molar-refractivity contribution is 7.89. The van der Waals surface area contributed by atoms with E-state index in [0.29, 0.717) is 23.2 Å². The van der Waals surface area contributed by atoms with E-state index in [1.54, 1.807) is 31.3 Å². The molecule has 0 amide bonds. The van der Waals surface area contributed by atoms with Crippen LogP contribution in [-0.2, 0) is 14.8 Å². The van der Waals surface area contributed by atoms with Gasteiger partial charge in [0.05, 0.1) is 12.1 Å². The molecule has 1 aromatic heterocycles. The molecule has 0 spiro atoms. The third-order valence-corrected chi connectivity index (χ3v) is 4.45. The molecule has 0 fully saturated rings. The van der Waals surface area contributed by atoms with Crippen LogP contribution in [0.1, 0.15) is 6.92 Å². The standard InChI is InChI=1S/C13H17N3O3S/c1-9(8-19-2)16-20(17,18)12-6-5-11(14)10-4-3-7-15-13(10)12/h3-7,9,16H,8,14H2,1-2H3. The maximum Gasteiger partial charge on any atom is 0.243 e. The van der Waals surface area contributed by atoms with Crippen LogP contribution in [-0.4, -0.2) is 33.2 Å². The van der Waals surface area contributed by atoms with Crippen LogP contribution in [0.5, 0.6) is 0 Å². The van der Waals surface area contributed by atoms with E-state index in [-0.39, 0.29) is 10.9 Å². The molecule has 3 N–H and O–H groups in total. The molecule has 20 heavy (non-hydrogen) atoms. The van der Waals surface area contributed by atoms with Crippen molar-refractivity contribution in [3.8, 4) is 0 Å². The first-order valence-electron chi connectivity index (χ1n) is 6.10. The van der Waals surface area contributed by atoms with Gasteiger partial charge in [0, 0.05) is 30.4 Å². The van der Waals surface area contributed by atoms with Crippen LogP contribution in [0.3, 0.4) is 0 Å². The lowest BCUT2D eigenvalue weighted by molar-refractivity contribution is 0.180. The Balaban J connectivity index is 2.50. The maximum atomic E-state index is 12.4. The summed E-state index contributed by atoms with van der Waals surface area (Å²) in [6.07, 6.45) is 1.54. The van der Waals surface area contributed by atoms with Crippen molar-refractivity contribution < 1.29 is 13.2 Å². The van der Waals surface area contributed by atoms with Gasteiger partial charge in [-0.2, -0.15) is 0 Å². The topological polar surface area (TPSA) is 94.3 Å². The SMILES string of the molecule is COCC(C)NS(=O)(=O)c1ccc(N)c2cccnc12. The van der Waals surface area contributed by atoms with E-state index >= 15 is 0 Å². The van der Waals surface area contributed by atoms with E-state index in [1.165, 1.54) is 13.2 Å². The zero-order chi connectivity index (χ0) is 14.8. The number of fused-ring (bicyclic) bond motifs is 1. The second kappa shape index (κ2) is 5.74. The van der Waals surface area contributed by atoms with Crippen molar-refractivity contribution in [2.45, 2.75) is 17.9 Å². The highest BCUT2D eigenvalue weighted by Gasteiger charge is 2.21. The Morgan fingerprint density at radius 2 is 2.15 bits per heavy atom. The van der Waals surface area contributed by atoms with Crippen molar-refractivity contribution in [2.75, 3.05) is 19.5 Å². The number of nitrogens with zero attached hydrogens (tertiary/aromatic N) is 1. The molecule has 2 aromatic rings. The molecule has 1 atom stereocenters. The Labute approximate surface area is 118 Å². The second-order valence-electron chi connectivity index (χ2n) is 4.53. The average molecular weight is 295 g/mol. The maximum absolute atomic E-state index is 12.4. The summed E-state index contributed by atoms with van der Waals surface area (Å²) in [5.41, 5.74) is 6.70. The Kier molecular flexibility index (Phi) is 4.22. The minimum Gasteiger partial charge on any atom is -0.398 e. The molecule has 0 saturated carbocycles. The molecule has 2 rings (SSSR count). The van der Waals surface area contributed by atoms with Gasteiger partial charge in [-0.3, -0.25) is 4.98 Å². The van der Waals surface area contributed by atoms with Gasteiger partial charge in [-0.15, -0.1) is 0 Å². The molecule has 1 aromatic carbocycles. The number of ether oxygens (including phenoxy) is 1. The summed E-state index contributed by atoms with van der Waals surface area (Å²) in [7, 11) is -2.15. The van der Waals surface area contributed by atoms with E-state index in [1.807, 2.05) is 0 Å². The number of nitrogens with one attached hydrogen (secondary N) is 1. The smallest absolute Gasteiger partial charge is 0.243 e. The molecule has 108 valence electrons. The number of methoxy groups -OCH3 is 1. The first-order valence-corrected chi connectivity index (χ1v) is 7.58. The number of hydrogen-bond acceptors (Lipinski definition) is 5. The quantitative estimate of drug-likeness (QED) is 0.806. The van der Waals surface area contributed by atoms with Crippen LogP contribution >= 0.6 is 0 Å². The summed E-state index contributed by atoms with van der Waals surface area (Å²) in [5, 5.41) is 0.620. The van der Waals surface area contributed by atoms with E-state index in [4.69, 9.17) is 10.5 Å². The minimum absolute atomic E-state index is 0.116. The van der Waals surface area contributed by atoms with E-state index in [9.17, 15) is 8.42 Å². The fourth-order valence-electron chi connectivity index (χ4n) is 2.00. The summed E-state index contributed by atoms with van der Waals surface area (Å²) in [5.74, 6) is 0. The van der Waals surface area contributed by atoms with Gasteiger partial charge >= 0.3 is 0 Å². The number of nitrogens with two attached hydrogens (primary N) is 1. The molecule has 0 aliphatic carbocycles. The molecule has 0 aliphatic heterocycles. The Bertz CT molecular complexity index is 716. The first-order chi connectivity index (χ1) is 9.45. The van der Waals surface area contributed by atoms with Gasteiger partial charge in [-0.05, 0) is 31.2 Å². The molecule has 0 bridgehead atoms. The minimum atomic E-state index is -3.67. The van der Waals surface area contributed by atoms with Crippen molar-refractivity contribution in [1.29, 1.82) is 0 Å². The van der Waals surface area contributed by atoms with Crippen LogP contribution in [0.15, 0.2) is 35.4 Å². The number of benzene rings is 1. The Morgan fingerprint density at radius 1 is 1.40 bits per heavy atom.